The Balaban J connectivity index is 2.53. The van der Waals surface area contributed by atoms with Gasteiger partial charge in [0.2, 0.25) is 0 Å². The van der Waals surface area contributed by atoms with Crippen LogP contribution in [-0.4, -0.2) is 26.6 Å². The Morgan fingerprint density at radius 2 is 2.16 bits per heavy atom. The lowest BCUT2D eigenvalue weighted by Crippen LogP contribution is -2.07. The van der Waals surface area contributed by atoms with E-state index in [-0.39, 0.29) is 6.04 Å². The molecule has 0 saturated heterocycles. The largest absolute Gasteiger partial charge is 0.383 e. The molecule has 102 valence electrons. The van der Waals surface area contributed by atoms with Crippen LogP contribution in [0.25, 0.3) is 11.5 Å². The Morgan fingerprint density at radius 1 is 1.42 bits per heavy atom. The molecule has 2 N–H and O–H groups in total. The van der Waals surface area contributed by atoms with Gasteiger partial charge in [0, 0.05) is 13.2 Å². The van der Waals surface area contributed by atoms with Crippen molar-refractivity contribution in [1.29, 1.82) is 0 Å². The number of halogens is 1. The van der Waals surface area contributed by atoms with Gasteiger partial charge in [-0.2, -0.15) is 0 Å². The van der Waals surface area contributed by atoms with Crippen LogP contribution in [0.5, 0.6) is 0 Å². The Kier molecular flexibility index (Phi) is 4.16. The molecule has 0 amide bonds. The average molecular weight is 326 g/mol. The summed E-state index contributed by atoms with van der Waals surface area (Å²) in [6.45, 7) is 4.52. The maximum atomic E-state index is 5.90. The molecule has 0 radical (unpaired) electrons. The second kappa shape index (κ2) is 5.66. The maximum absolute atomic E-state index is 5.90. The van der Waals surface area contributed by atoms with Gasteiger partial charge in [-0.3, -0.25) is 0 Å². The summed E-state index contributed by atoms with van der Waals surface area (Å²) < 4.78 is 7.79. The van der Waals surface area contributed by atoms with E-state index in [1.165, 1.54) is 0 Å². The quantitative estimate of drug-likeness (QED) is 0.933. The van der Waals surface area contributed by atoms with E-state index in [0.717, 1.165) is 11.4 Å². The summed E-state index contributed by atoms with van der Waals surface area (Å²) in [5.41, 5.74) is 7.46. The zero-order valence-electron chi connectivity index (χ0n) is 11.1. The van der Waals surface area contributed by atoms with Crippen molar-refractivity contribution in [2.75, 3.05) is 12.8 Å². The van der Waals surface area contributed by atoms with Gasteiger partial charge in [0.1, 0.15) is 11.5 Å². The number of nitrogens with zero attached hydrogens (tertiary/aromatic N) is 4. The zero-order valence-corrected chi connectivity index (χ0v) is 12.7. The average Bonchev–Trinajstić information content (AvgIpc) is 2.84. The van der Waals surface area contributed by atoms with E-state index >= 15 is 0 Å². The van der Waals surface area contributed by atoms with Crippen LogP contribution in [0.2, 0.25) is 0 Å². The fraction of sp³-hybridized carbons (Fsp3) is 0.417. The van der Waals surface area contributed by atoms with Gasteiger partial charge in [-0.15, -0.1) is 0 Å². The fourth-order valence-electron chi connectivity index (χ4n) is 1.75. The lowest BCUT2D eigenvalue weighted by Gasteiger charge is -2.12. The van der Waals surface area contributed by atoms with Crippen LogP contribution in [0.4, 0.5) is 5.82 Å². The van der Waals surface area contributed by atoms with E-state index in [0.29, 0.717) is 22.7 Å². The number of nitrogen functional groups attached to an aromatic ring is 1. The van der Waals surface area contributed by atoms with Crippen LogP contribution in [0.1, 0.15) is 25.6 Å². The van der Waals surface area contributed by atoms with Crippen molar-refractivity contribution in [2.24, 2.45) is 0 Å². The highest BCUT2D eigenvalue weighted by Crippen LogP contribution is 2.26. The highest BCUT2D eigenvalue weighted by molar-refractivity contribution is 9.10. The lowest BCUT2D eigenvalue weighted by molar-refractivity contribution is 0.181. The first-order chi connectivity index (χ1) is 9.04. The van der Waals surface area contributed by atoms with Gasteiger partial charge in [-0.05, 0) is 29.8 Å². The van der Waals surface area contributed by atoms with Crippen LogP contribution in [0.3, 0.4) is 0 Å². The summed E-state index contributed by atoms with van der Waals surface area (Å²) in [5, 5.41) is 0. The number of aromatic nitrogens is 4. The van der Waals surface area contributed by atoms with E-state index in [2.05, 4.69) is 44.7 Å². The molecule has 0 atom stereocenters. The molecule has 0 aliphatic heterocycles. The van der Waals surface area contributed by atoms with E-state index in [9.17, 15) is 0 Å². The van der Waals surface area contributed by atoms with Crippen molar-refractivity contribution in [2.45, 2.75) is 26.5 Å². The third kappa shape index (κ3) is 2.76. The van der Waals surface area contributed by atoms with Crippen LogP contribution >= 0.6 is 15.9 Å². The molecule has 6 nitrogen and oxygen atoms in total. The Labute approximate surface area is 120 Å². The smallest absolute Gasteiger partial charge is 0.180 e. The molecule has 2 rings (SSSR count). The molecule has 2 aromatic rings. The van der Waals surface area contributed by atoms with Gasteiger partial charge in [-0.1, -0.05) is 0 Å². The van der Waals surface area contributed by atoms with Gasteiger partial charge < -0.3 is 15.0 Å². The Hall–Kier alpha value is -1.47. The first-order valence-electron chi connectivity index (χ1n) is 5.87. The number of imidazole rings is 1. The number of anilines is 1. The Bertz CT molecular complexity index is 581. The second-order valence-electron chi connectivity index (χ2n) is 4.41. The number of hydrogen-bond acceptors (Lipinski definition) is 5. The van der Waals surface area contributed by atoms with Gasteiger partial charge in [0.15, 0.2) is 5.82 Å². The summed E-state index contributed by atoms with van der Waals surface area (Å²) >= 11 is 3.37. The van der Waals surface area contributed by atoms with E-state index in [1.807, 2.05) is 4.57 Å². The number of ether oxygens (including phenoxy) is 1. The van der Waals surface area contributed by atoms with Gasteiger partial charge >= 0.3 is 0 Å². The topological polar surface area (TPSA) is 78.9 Å². The SMILES string of the molecule is COCc1nc(-c2cncn2C(C)C)nc(N)c1Br. The first kappa shape index (κ1) is 14.0. The van der Waals surface area contributed by atoms with Crippen molar-refractivity contribution in [3.8, 4) is 11.5 Å². The normalized spacial score (nSPS) is 11.2. The minimum absolute atomic E-state index is 0.275. The highest BCUT2D eigenvalue weighted by Gasteiger charge is 2.15. The minimum atomic E-state index is 0.275. The Morgan fingerprint density at radius 3 is 2.79 bits per heavy atom. The molecule has 0 aromatic carbocycles. The molecule has 0 bridgehead atoms. The number of hydrogen-bond donors (Lipinski definition) is 1. The summed E-state index contributed by atoms with van der Waals surface area (Å²) in [7, 11) is 1.61. The monoisotopic (exact) mass is 325 g/mol. The standard InChI is InChI=1S/C12H16BrN5O/c1-7(2)18-6-15-4-9(18)12-16-8(5-19-3)10(13)11(14)17-12/h4,6-7H,5H2,1-3H3,(H2,14,16,17). The zero-order chi connectivity index (χ0) is 14.0. The molecule has 0 aliphatic carbocycles. The predicted molar refractivity (Wildman–Crippen MR) is 76.5 cm³/mol. The highest BCUT2D eigenvalue weighted by atomic mass is 79.9. The van der Waals surface area contributed by atoms with E-state index in [1.54, 1.807) is 19.6 Å². The van der Waals surface area contributed by atoms with Crippen molar-refractivity contribution in [1.82, 2.24) is 19.5 Å². The number of methoxy groups -OCH3 is 1. The van der Waals surface area contributed by atoms with Crippen LogP contribution < -0.4 is 5.73 Å². The molecular weight excluding hydrogens is 310 g/mol. The van der Waals surface area contributed by atoms with Crippen molar-refractivity contribution < 1.29 is 4.74 Å². The van der Waals surface area contributed by atoms with Crippen molar-refractivity contribution in [3.63, 3.8) is 0 Å². The second-order valence-corrected chi connectivity index (χ2v) is 5.20. The molecule has 0 unspecified atom stereocenters. The predicted octanol–water partition coefficient (Wildman–Crippen LogP) is 2.41. The molecule has 7 heteroatoms. The van der Waals surface area contributed by atoms with Crippen molar-refractivity contribution in [3.05, 3.63) is 22.7 Å². The van der Waals surface area contributed by atoms with Crippen LogP contribution in [-0.2, 0) is 11.3 Å². The van der Waals surface area contributed by atoms with Crippen LogP contribution in [0.15, 0.2) is 17.0 Å². The molecule has 0 fully saturated rings. The molecule has 19 heavy (non-hydrogen) atoms. The van der Waals surface area contributed by atoms with E-state index in [4.69, 9.17) is 10.5 Å². The van der Waals surface area contributed by atoms with Crippen molar-refractivity contribution >= 4 is 21.7 Å². The molecule has 0 aliphatic rings. The lowest BCUT2D eigenvalue weighted by atomic mass is 10.3. The first-order valence-corrected chi connectivity index (χ1v) is 6.67. The molecular formula is C12H16BrN5O. The van der Waals surface area contributed by atoms with Gasteiger partial charge in [-0.25, -0.2) is 15.0 Å². The third-order valence-electron chi connectivity index (χ3n) is 2.68. The maximum Gasteiger partial charge on any atom is 0.180 e. The molecule has 2 aromatic heterocycles. The summed E-state index contributed by atoms with van der Waals surface area (Å²) in [4.78, 5) is 12.9. The summed E-state index contributed by atoms with van der Waals surface area (Å²) in [6.07, 6.45) is 3.50. The van der Waals surface area contributed by atoms with Crippen LogP contribution in [0, 0.1) is 0 Å². The van der Waals surface area contributed by atoms with Gasteiger partial charge in [0.25, 0.3) is 0 Å². The summed E-state index contributed by atoms with van der Waals surface area (Å²) in [5.74, 6) is 0.951. The van der Waals surface area contributed by atoms with E-state index < -0.39 is 0 Å². The number of nitrogens with two attached hydrogens (primary N) is 1. The third-order valence-corrected chi connectivity index (χ3v) is 3.54. The van der Waals surface area contributed by atoms with Gasteiger partial charge in [0.05, 0.1) is 29.3 Å². The molecule has 2 heterocycles. The summed E-state index contributed by atoms with van der Waals surface area (Å²) in [6, 6.07) is 0.275. The fourth-order valence-corrected chi connectivity index (χ4v) is 2.04. The number of rotatable bonds is 4. The molecule has 0 spiro atoms. The molecule has 0 saturated carbocycles. The minimum Gasteiger partial charge on any atom is -0.383 e.